The van der Waals surface area contributed by atoms with E-state index in [1.165, 1.54) is 32.1 Å². The minimum atomic E-state index is -0.636. The Balaban J connectivity index is 1.28. The van der Waals surface area contributed by atoms with Crippen LogP contribution in [0.3, 0.4) is 0 Å². The molecule has 4 rings (SSSR count). The number of nitrogens with zero attached hydrogens (tertiary/aromatic N) is 2. The second kappa shape index (κ2) is 11.2. The van der Waals surface area contributed by atoms with Gasteiger partial charge in [0.05, 0.1) is 24.9 Å². The van der Waals surface area contributed by atoms with Gasteiger partial charge in [-0.3, -0.25) is 9.80 Å². The maximum absolute atomic E-state index is 10.9. The highest BCUT2D eigenvalue weighted by molar-refractivity contribution is 6.20. The molecular weight excluding hydrogens is 404 g/mol. The number of nitrogens with one attached hydrogen (secondary N) is 2. The molecule has 0 amide bonds. The number of hydrogen-bond acceptors (Lipinski definition) is 7. The van der Waals surface area contributed by atoms with Crippen LogP contribution in [0, 0.1) is 5.92 Å². The standard InChI is InChI=1S/C22H41ClN4O3/c23-17-5-3-4-16(12-17)13-24-14-18-21(22(29)19(15-28)30-18)27-10-8-26(9-11-27)20-6-1-2-7-25-20/h16-22,24-25,28-29H,1-15H2. The Kier molecular flexibility index (Phi) is 8.68. The average molecular weight is 445 g/mol. The number of alkyl halides is 1. The number of ether oxygens (including phenoxy) is 1. The summed E-state index contributed by atoms with van der Waals surface area (Å²) < 4.78 is 6.09. The van der Waals surface area contributed by atoms with Gasteiger partial charge in [0.25, 0.3) is 0 Å². The summed E-state index contributed by atoms with van der Waals surface area (Å²) in [6.45, 7) is 6.58. The largest absolute Gasteiger partial charge is 0.394 e. The second-order valence-electron chi connectivity index (χ2n) is 9.70. The van der Waals surface area contributed by atoms with Crippen LogP contribution in [0.5, 0.6) is 0 Å². The molecular formula is C22H41ClN4O3. The van der Waals surface area contributed by atoms with Crippen molar-refractivity contribution in [2.75, 3.05) is 52.4 Å². The zero-order valence-electron chi connectivity index (χ0n) is 18.2. The van der Waals surface area contributed by atoms with Crippen molar-refractivity contribution in [2.24, 2.45) is 5.92 Å². The predicted octanol–water partition coefficient (Wildman–Crippen LogP) is 0.580. The molecule has 0 aromatic rings. The van der Waals surface area contributed by atoms with E-state index < -0.39 is 12.2 Å². The van der Waals surface area contributed by atoms with E-state index in [1.54, 1.807) is 0 Å². The predicted molar refractivity (Wildman–Crippen MR) is 119 cm³/mol. The molecule has 1 saturated carbocycles. The summed E-state index contributed by atoms with van der Waals surface area (Å²) in [7, 11) is 0. The average Bonchev–Trinajstić information content (AvgIpc) is 3.10. The van der Waals surface area contributed by atoms with Gasteiger partial charge >= 0.3 is 0 Å². The SMILES string of the molecule is OCC1OC(CNCC2CCCC(Cl)C2)C(N2CCN(C3CCCCN3)CC2)C1O. The van der Waals surface area contributed by atoms with Crippen molar-refractivity contribution in [3.63, 3.8) is 0 Å². The molecule has 8 heteroatoms. The van der Waals surface area contributed by atoms with Crippen molar-refractivity contribution in [2.45, 2.75) is 80.8 Å². The van der Waals surface area contributed by atoms with E-state index in [2.05, 4.69) is 20.4 Å². The molecule has 0 spiro atoms. The fraction of sp³-hybridized carbons (Fsp3) is 1.00. The van der Waals surface area contributed by atoms with Gasteiger partial charge in [0.2, 0.25) is 0 Å². The van der Waals surface area contributed by atoms with Crippen LogP contribution < -0.4 is 10.6 Å². The zero-order valence-corrected chi connectivity index (χ0v) is 19.0. The molecule has 174 valence electrons. The Morgan fingerprint density at radius 1 is 0.967 bits per heavy atom. The Morgan fingerprint density at radius 2 is 1.77 bits per heavy atom. The van der Waals surface area contributed by atoms with Gasteiger partial charge < -0.3 is 25.6 Å². The fourth-order valence-corrected chi connectivity index (χ4v) is 6.34. The van der Waals surface area contributed by atoms with Crippen LogP contribution in [0.2, 0.25) is 0 Å². The summed E-state index contributed by atoms with van der Waals surface area (Å²) >= 11 is 6.34. The summed E-state index contributed by atoms with van der Waals surface area (Å²) in [5, 5.41) is 28.1. The van der Waals surface area contributed by atoms with E-state index >= 15 is 0 Å². The Labute approximate surface area is 186 Å². The lowest BCUT2D eigenvalue weighted by Crippen LogP contribution is -2.61. The van der Waals surface area contributed by atoms with Crippen LogP contribution in [0.4, 0.5) is 0 Å². The van der Waals surface area contributed by atoms with Gasteiger partial charge in [-0.15, -0.1) is 11.6 Å². The molecule has 4 fully saturated rings. The number of hydrogen-bond donors (Lipinski definition) is 4. The lowest BCUT2D eigenvalue weighted by atomic mass is 9.89. The third kappa shape index (κ3) is 5.67. The van der Waals surface area contributed by atoms with Gasteiger partial charge in [-0.25, -0.2) is 0 Å². The first kappa shape index (κ1) is 23.2. The third-order valence-corrected chi connectivity index (χ3v) is 8.03. The topological polar surface area (TPSA) is 80.2 Å². The van der Waals surface area contributed by atoms with Crippen LogP contribution >= 0.6 is 11.6 Å². The van der Waals surface area contributed by atoms with Crippen molar-refractivity contribution in [1.29, 1.82) is 0 Å². The Morgan fingerprint density at radius 3 is 2.47 bits per heavy atom. The molecule has 7 unspecified atom stereocenters. The van der Waals surface area contributed by atoms with Crippen molar-refractivity contribution >= 4 is 11.6 Å². The van der Waals surface area contributed by atoms with Crippen LogP contribution in [0.15, 0.2) is 0 Å². The lowest BCUT2D eigenvalue weighted by molar-refractivity contribution is -0.0215. The van der Waals surface area contributed by atoms with E-state index in [4.69, 9.17) is 16.3 Å². The molecule has 3 saturated heterocycles. The van der Waals surface area contributed by atoms with Gasteiger partial charge in [0.1, 0.15) is 12.2 Å². The van der Waals surface area contributed by atoms with Crippen LogP contribution in [0.1, 0.15) is 44.9 Å². The highest BCUT2D eigenvalue weighted by atomic mass is 35.5. The van der Waals surface area contributed by atoms with E-state index in [9.17, 15) is 10.2 Å². The highest BCUT2D eigenvalue weighted by Gasteiger charge is 2.46. The van der Waals surface area contributed by atoms with Gasteiger partial charge in [0, 0.05) is 38.1 Å². The van der Waals surface area contributed by atoms with E-state index in [0.29, 0.717) is 24.0 Å². The molecule has 3 heterocycles. The minimum absolute atomic E-state index is 0.0525. The molecule has 4 N–H and O–H groups in total. The third-order valence-electron chi connectivity index (χ3n) is 7.63. The summed E-state index contributed by atoms with van der Waals surface area (Å²) in [5.41, 5.74) is 0. The monoisotopic (exact) mass is 444 g/mol. The van der Waals surface area contributed by atoms with Crippen LogP contribution in [-0.4, -0.2) is 108 Å². The summed E-state index contributed by atoms with van der Waals surface area (Å²) in [6, 6.07) is -0.0525. The molecule has 4 aliphatic rings. The molecule has 0 aromatic heterocycles. The second-order valence-corrected chi connectivity index (χ2v) is 10.3. The number of halogens is 1. The van der Waals surface area contributed by atoms with E-state index in [0.717, 1.165) is 52.1 Å². The Bertz CT molecular complexity index is 517. The molecule has 0 bridgehead atoms. The van der Waals surface area contributed by atoms with Crippen molar-refractivity contribution in [3.05, 3.63) is 0 Å². The van der Waals surface area contributed by atoms with Gasteiger partial charge in [0.15, 0.2) is 0 Å². The van der Waals surface area contributed by atoms with Gasteiger partial charge in [-0.2, -0.15) is 0 Å². The number of aliphatic hydroxyl groups excluding tert-OH is 2. The lowest BCUT2D eigenvalue weighted by Gasteiger charge is -2.44. The van der Waals surface area contributed by atoms with Gasteiger partial charge in [-0.05, 0) is 57.5 Å². The highest BCUT2D eigenvalue weighted by Crippen LogP contribution is 2.29. The molecule has 0 radical (unpaired) electrons. The minimum Gasteiger partial charge on any atom is -0.394 e. The maximum atomic E-state index is 10.9. The normalized spacial score (nSPS) is 41.9. The molecule has 1 aliphatic carbocycles. The summed E-state index contributed by atoms with van der Waals surface area (Å²) in [4.78, 5) is 4.95. The van der Waals surface area contributed by atoms with Crippen molar-refractivity contribution in [3.8, 4) is 0 Å². The number of rotatable bonds is 7. The van der Waals surface area contributed by atoms with Crippen LogP contribution in [0.25, 0.3) is 0 Å². The first-order valence-corrected chi connectivity index (χ1v) is 12.6. The molecule has 7 nitrogen and oxygen atoms in total. The van der Waals surface area contributed by atoms with Crippen LogP contribution in [-0.2, 0) is 4.74 Å². The van der Waals surface area contributed by atoms with Gasteiger partial charge in [-0.1, -0.05) is 6.42 Å². The molecule has 30 heavy (non-hydrogen) atoms. The summed E-state index contributed by atoms with van der Waals surface area (Å²) in [5.74, 6) is 0.631. The molecule has 7 atom stereocenters. The Hall–Kier alpha value is 0.01000. The number of piperidine rings is 1. The number of aliphatic hydroxyl groups is 2. The molecule has 3 aliphatic heterocycles. The maximum Gasteiger partial charge on any atom is 0.109 e. The summed E-state index contributed by atoms with van der Waals surface area (Å²) in [6.07, 6.45) is 7.81. The smallest absolute Gasteiger partial charge is 0.109 e. The van der Waals surface area contributed by atoms with E-state index in [1.807, 2.05) is 0 Å². The first-order valence-electron chi connectivity index (χ1n) is 12.2. The zero-order chi connectivity index (χ0) is 20.9. The van der Waals surface area contributed by atoms with E-state index in [-0.39, 0.29) is 18.8 Å². The number of piperazine rings is 1. The first-order chi connectivity index (χ1) is 14.7. The molecule has 0 aromatic carbocycles. The van der Waals surface area contributed by atoms with Crippen molar-refractivity contribution in [1.82, 2.24) is 20.4 Å². The fourth-order valence-electron chi connectivity index (χ4n) is 5.93. The quantitative estimate of drug-likeness (QED) is 0.428. The van der Waals surface area contributed by atoms with Crippen molar-refractivity contribution < 1.29 is 14.9 Å².